The van der Waals surface area contributed by atoms with Gasteiger partial charge < -0.3 is 21.9 Å². The van der Waals surface area contributed by atoms with Crippen molar-refractivity contribution in [3.8, 4) is 0 Å². The van der Waals surface area contributed by atoms with E-state index in [-0.39, 0.29) is 11.4 Å². The van der Waals surface area contributed by atoms with E-state index in [1.807, 2.05) is 6.07 Å². The molecule has 24 heavy (non-hydrogen) atoms. The number of nitrogens with two attached hydrogens (primary N) is 1. The Labute approximate surface area is 138 Å². The van der Waals surface area contributed by atoms with Crippen LogP contribution < -0.4 is 11.1 Å². The number of aromatic carboxylic acids is 1. The molecule has 0 atom stereocenters. The minimum Gasteiger partial charge on any atom is -0.697 e. The molecule has 0 spiro atoms. The summed E-state index contributed by atoms with van der Waals surface area (Å²) in [5, 5.41) is 10.2. The highest BCUT2D eigenvalue weighted by atomic mass is 32.1. The minimum atomic E-state index is -4.92. The third-order valence-corrected chi connectivity index (χ3v) is 3.59. The van der Waals surface area contributed by atoms with Gasteiger partial charge in [0.25, 0.3) is 0 Å². The fourth-order valence-corrected chi connectivity index (χ4v) is 2.14. The monoisotopic (exact) mass is 360 g/mol. The topological polar surface area (TPSA) is 116 Å². The third-order valence-electron chi connectivity index (χ3n) is 2.51. The van der Waals surface area contributed by atoms with Crippen LogP contribution in [-0.2, 0) is 11.3 Å². The van der Waals surface area contributed by atoms with Crippen LogP contribution in [0.2, 0.25) is 0 Å². The third kappa shape index (κ3) is 6.16. The van der Waals surface area contributed by atoms with E-state index in [0.717, 1.165) is 11.3 Å². The molecule has 0 aliphatic rings. The van der Waals surface area contributed by atoms with Crippen LogP contribution in [-0.4, -0.2) is 23.2 Å². The number of alkyl halides is 3. The Morgan fingerprint density at radius 3 is 2.25 bits per heavy atom. The van der Waals surface area contributed by atoms with Gasteiger partial charge in [0.2, 0.25) is 0 Å². The van der Waals surface area contributed by atoms with Crippen LogP contribution >= 0.6 is 11.3 Å². The summed E-state index contributed by atoms with van der Waals surface area (Å²) < 4.78 is 35.3. The van der Waals surface area contributed by atoms with Gasteiger partial charge in [-0.1, -0.05) is 18.2 Å². The fourth-order valence-electron chi connectivity index (χ4n) is 1.35. The molecule has 6 nitrogen and oxygen atoms in total. The normalized spacial score (nSPS) is 10.5. The Balaban J connectivity index is 0.000000300. The first kappa shape index (κ1) is 19.3. The molecule has 0 unspecified atom stereocenters. The Kier molecular flexibility index (Phi) is 6.59. The Morgan fingerprint density at radius 2 is 1.83 bits per heavy atom. The van der Waals surface area contributed by atoms with E-state index >= 15 is 0 Å². The highest BCUT2D eigenvalue weighted by Crippen LogP contribution is 2.18. The zero-order valence-electron chi connectivity index (χ0n) is 12.1. The SMILES string of the molecule is O=C(O)c1ccc(CNC(=O)C(F)(F)F)s1.[NH-]c1ccccc1N. The van der Waals surface area contributed by atoms with Crippen LogP contribution in [0.1, 0.15) is 14.5 Å². The van der Waals surface area contributed by atoms with E-state index < -0.39 is 18.1 Å². The Morgan fingerprint density at radius 1 is 1.21 bits per heavy atom. The van der Waals surface area contributed by atoms with Crippen LogP contribution in [0.4, 0.5) is 24.5 Å². The Hall–Kier alpha value is -2.75. The van der Waals surface area contributed by atoms with E-state index in [1.165, 1.54) is 12.1 Å². The molecule has 10 heteroatoms. The van der Waals surface area contributed by atoms with E-state index in [4.69, 9.17) is 16.6 Å². The van der Waals surface area contributed by atoms with Crippen molar-refractivity contribution in [3.05, 3.63) is 51.9 Å². The van der Waals surface area contributed by atoms with E-state index in [1.54, 1.807) is 23.5 Å². The maximum absolute atomic E-state index is 11.8. The molecule has 0 aliphatic carbocycles. The number of amides is 1. The zero-order chi connectivity index (χ0) is 18.3. The number of carboxylic acid groups (broad SMARTS) is 1. The molecule has 0 radical (unpaired) electrons. The van der Waals surface area contributed by atoms with Crippen molar-refractivity contribution in [2.24, 2.45) is 0 Å². The highest BCUT2D eigenvalue weighted by molar-refractivity contribution is 7.13. The van der Waals surface area contributed by atoms with Gasteiger partial charge in [0.1, 0.15) is 4.88 Å². The van der Waals surface area contributed by atoms with Crippen molar-refractivity contribution in [2.45, 2.75) is 12.7 Å². The number of rotatable bonds is 3. The van der Waals surface area contributed by atoms with Gasteiger partial charge in [0.15, 0.2) is 0 Å². The second kappa shape index (κ2) is 8.20. The highest BCUT2D eigenvalue weighted by Gasteiger charge is 2.38. The van der Waals surface area contributed by atoms with E-state index in [0.29, 0.717) is 16.3 Å². The number of benzene rings is 1. The average Bonchev–Trinajstić information content (AvgIpc) is 2.97. The van der Waals surface area contributed by atoms with Crippen LogP contribution in [0.25, 0.3) is 5.73 Å². The van der Waals surface area contributed by atoms with E-state index in [2.05, 4.69) is 0 Å². The van der Waals surface area contributed by atoms with Gasteiger partial charge in [-0.3, -0.25) is 4.79 Å². The lowest BCUT2D eigenvalue weighted by Crippen LogP contribution is -2.36. The maximum Gasteiger partial charge on any atom is 0.471 e. The molecule has 0 fully saturated rings. The quantitative estimate of drug-likeness (QED) is 0.725. The molecule has 5 N–H and O–H groups in total. The number of nitrogen functional groups attached to an aromatic ring is 1. The second-order valence-electron chi connectivity index (χ2n) is 4.34. The number of carbonyl (C=O) groups is 2. The van der Waals surface area contributed by atoms with Crippen molar-refractivity contribution in [2.75, 3.05) is 5.73 Å². The number of thiophene rings is 1. The van der Waals surface area contributed by atoms with Crippen LogP contribution in [0.15, 0.2) is 36.4 Å². The summed E-state index contributed by atoms with van der Waals surface area (Å²) in [6.45, 7) is -0.337. The second-order valence-corrected chi connectivity index (χ2v) is 5.51. The molecule has 2 rings (SSSR count). The average molecular weight is 360 g/mol. The van der Waals surface area contributed by atoms with Crippen molar-refractivity contribution in [1.82, 2.24) is 5.32 Å². The van der Waals surface area contributed by atoms with Crippen LogP contribution in [0.3, 0.4) is 0 Å². The predicted molar refractivity (Wildman–Crippen MR) is 84.0 cm³/mol. The first-order valence-electron chi connectivity index (χ1n) is 6.34. The molecule has 0 aliphatic heterocycles. The molecule has 1 aromatic carbocycles. The molecule has 0 saturated carbocycles. The van der Waals surface area contributed by atoms with Crippen molar-refractivity contribution in [3.63, 3.8) is 0 Å². The summed E-state index contributed by atoms with van der Waals surface area (Å²) in [5.74, 6) is -3.20. The number of carbonyl (C=O) groups excluding carboxylic acids is 1. The summed E-state index contributed by atoms with van der Waals surface area (Å²) >= 11 is 0.812. The molecule has 1 amide bonds. The number of halogens is 3. The van der Waals surface area contributed by atoms with Crippen molar-refractivity contribution >= 4 is 34.6 Å². The molecule has 130 valence electrons. The number of carboxylic acids is 1. The summed E-state index contributed by atoms with van der Waals surface area (Å²) in [4.78, 5) is 21.2. The summed E-state index contributed by atoms with van der Waals surface area (Å²) in [6.07, 6.45) is -4.92. The molecular weight excluding hydrogens is 347 g/mol. The van der Waals surface area contributed by atoms with Crippen molar-refractivity contribution < 1.29 is 27.9 Å². The summed E-state index contributed by atoms with van der Waals surface area (Å²) in [5.41, 5.74) is 13.4. The van der Waals surface area contributed by atoms with Crippen LogP contribution in [0, 0.1) is 0 Å². The summed E-state index contributed by atoms with van der Waals surface area (Å²) in [6, 6.07) is 9.59. The molecule has 1 aromatic heterocycles. The van der Waals surface area contributed by atoms with Crippen molar-refractivity contribution in [1.29, 1.82) is 0 Å². The minimum absolute atomic E-state index is 0.0104. The number of para-hydroxylation sites is 1. The number of hydrogen-bond acceptors (Lipinski definition) is 4. The number of anilines is 1. The number of hydrogen-bond donors (Lipinski definition) is 3. The molecule has 1 heterocycles. The van der Waals surface area contributed by atoms with Gasteiger partial charge in [-0.25, -0.2) is 4.79 Å². The standard InChI is InChI=1S/C8H6F3NO3S.C6H7N2/c9-8(10,11)7(15)12-3-4-1-2-5(16-4)6(13)14;7-5-3-1-2-4-6(5)8/h1-2H,3H2,(H,12,15)(H,13,14);1-4,7H,8H2/q;-1. The molecule has 0 bridgehead atoms. The van der Waals surface area contributed by atoms with Gasteiger partial charge in [-0.2, -0.15) is 13.2 Å². The molecular formula is C14H13F3N3O3S-. The van der Waals surface area contributed by atoms with Gasteiger partial charge in [0.05, 0.1) is 6.54 Å². The maximum atomic E-state index is 11.8. The first-order valence-corrected chi connectivity index (χ1v) is 7.16. The zero-order valence-corrected chi connectivity index (χ0v) is 12.9. The fraction of sp³-hybridized carbons (Fsp3) is 0.143. The molecule has 2 aromatic rings. The predicted octanol–water partition coefficient (Wildman–Crippen LogP) is 3.58. The van der Waals surface area contributed by atoms with Gasteiger partial charge >= 0.3 is 18.1 Å². The largest absolute Gasteiger partial charge is 0.697 e. The van der Waals surface area contributed by atoms with Gasteiger partial charge in [0, 0.05) is 10.6 Å². The first-order chi connectivity index (χ1) is 11.1. The molecule has 0 saturated heterocycles. The van der Waals surface area contributed by atoms with Gasteiger partial charge in [-0.15, -0.1) is 17.0 Å². The smallest absolute Gasteiger partial charge is 0.471 e. The van der Waals surface area contributed by atoms with Crippen LogP contribution in [0.5, 0.6) is 0 Å². The number of nitrogens with one attached hydrogen (secondary N) is 2. The lowest BCUT2D eigenvalue weighted by molar-refractivity contribution is -0.173. The summed E-state index contributed by atoms with van der Waals surface area (Å²) in [7, 11) is 0. The van der Waals surface area contributed by atoms with Gasteiger partial charge in [-0.05, 0) is 18.2 Å². The van der Waals surface area contributed by atoms with E-state index in [9.17, 15) is 22.8 Å². The lowest BCUT2D eigenvalue weighted by Gasteiger charge is -2.05. The Bertz CT molecular complexity index is 696. The lowest BCUT2D eigenvalue weighted by atomic mass is 10.3.